The zero-order chi connectivity index (χ0) is 43.7. The summed E-state index contributed by atoms with van der Waals surface area (Å²) in [5.74, 6) is 0. The molecule has 0 unspecified atom stereocenters. The van der Waals surface area contributed by atoms with Crippen LogP contribution in [0.5, 0.6) is 0 Å². The third-order valence-electron chi connectivity index (χ3n) is 14.3. The summed E-state index contributed by atoms with van der Waals surface area (Å²) >= 11 is 0. The first-order chi connectivity index (χ1) is 32.7. The van der Waals surface area contributed by atoms with Gasteiger partial charge < -0.3 is 9.32 Å². The van der Waals surface area contributed by atoms with E-state index in [2.05, 4.69) is 254 Å². The van der Waals surface area contributed by atoms with E-state index in [1.165, 1.54) is 66.8 Å². The van der Waals surface area contributed by atoms with Gasteiger partial charge in [-0.1, -0.05) is 212 Å². The minimum Gasteiger partial charge on any atom is -0.464 e. The molecule has 0 saturated heterocycles. The normalized spacial score (nSPS) is 13.7. The van der Waals surface area contributed by atoms with E-state index < -0.39 is 10.8 Å². The van der Waals surface area contributed by atoms with Crippen LogP contribution in [0, 0.1) is 0 Å². The molecule has 2 nitrogen and oxygen atoms in total. The largest absolute Gasteiger partial charge is 0.464 e. The van der Waals surface area contributed by atoms with Crippen LogP contribution in [0.3, 0.4) is 0 Å². The molecule has 0 spiro atoms. The summed E-state index contributed by atoms with van der Waals surface area (Å²) in [6.07, 6.45) is 1.76. The number of rotatable bonds is 8. The molecule has 2 aliphatic rings. The Morgan fingerprint density at radius 2 is 0.803 bits per heavy atom. The molecule has 0 amide bonds. The fourth-order valence-corrected chi connectivity index (χ4v) is 11.6. The van der Waals surface area contributed by atoms with E-state index in [1.54, 1.807) is 6.26 Å². The van der Waals surface area contributed by atoms with Crippen LogP contribution in [0.15, 0.2) is 265 Å². The van der Waals surface area contributed by atoms with Crippen LogP contribution in [0.2, 0.25) is 0 Å². The molecule has 0 bridgehead atoms. The molecule has 0 fully saturated rings. The maximum Gasteiger partial charge on any atom is 0.134 e. The fraction of sp³-hybridized carbons (Fsp3) is 0.0312. The lowest BCUT2D eigenvalue weighted by Crippen LogP contribution is -2.29. The molecule has 0 saturated carbocycles. The molecule has 0 atom stereocenters. The van der Waals surface area contributed by atoms with E-state index in [4.69, 9.17) is 4.42 Å². The molecule has 1 aromatic heterocycles. The van der Waals surface area contributed by atoms with Gasteiger partial charge in [-0.2, -0.15) is 0 Å². The lowest BCUT2D eigenvalue weighted by atomic mass is 9.67. The molecule has 13 rings (SSSR count). The molecule has 11 aromatic rings. The van der Waals surface area contributed by atoms with Gasteiger partial charge in [-0.15, -0.1) is 0 Å². The number of fused-ring (bicyclic) bond motifs is 7. The second kappa shape index (κ2) is 15.1. The second-order valence-corrected chi connectivity index (χ2v) is 17.5. The van der Waals surface area contributed by atoms with Crippen molar-refractivity contribution < 1.29 is 4.42 Å². The Kier molecular flexibility index (Phi) is 8.69. The van der Waals surface area contributed by atoms with E-state index in [0.29, 0.717) is 0 Å². The van der Waals surface area contributed by atoms with Crippen LogP contribution < -0.4 is 4.90 Å². The zero-order valence-electron chi connectivity index (χ0n) is 36.2. The summed E-state index contributed by atoms with van der Waals surface area (Å²) in [6, 6.07) is 94.1. The lowest BCUT2D eigenvalue weighted by molar-refractivity contribution is 0.616. The predicted molar refractivity (Wildman–Crippen MR) is 271 cm³/mol. The topological polar surface area (TPSA) is 16.4 Å². The van der Waals surface area contributed by atoms with Crippen LogP contribution >= 0.6 is 0 Å². The summed E-state index contributed by atoms with van der Waals surface area (Å²) in [4.78, 5) is 2.51. The van der Waals surface area contributed by atoms with Crippen molar-refractivity contribution in [3.8, 4) is 33.4 Å². The van der Waals surface area contributed by atoms with Gasteiger partial charge in [0.1, 0.15) is 5.58 Å². The monoisotopic (exact) mass is 841 g/mol. The van der Waals surface area contributed by atoms with Crippen molar-refractivity contribution in [2.45, 2.75) is 10.8 Å². The molecule has 1 heterocycles. The van der Waals surface area contributed by atoms with Crippen LogP contribution in [0.4, 0.5) is 17.1 Å². The maximum atomic E-state index is 5.84. The van der Waals surface area contributed by atoms with E-state index >= 15 is 0 Å². The molecule has 0 radical (unpaired) electrons. The van der Waals surface area contributed by atoms with Gasteiger partial charge in [0.15, 0.2) is 0 Å². The van der Waals surface area contributed by atoms with Crippen LogP contribution in [-0.2, 0) is 10.8 Å². The fourth-order valence-electron chi connectivity index (χ4n) is 11.6. The quantitative estimate of drug-likeness (QED) is 0.152. The summed E-state index contributed by atoms with van der Waals surface area (Å²) in [5.41, 5.74) is 20.4. The SMILES string of the molecule is c1ccc(C2(c3ccccc3)c3ccccc3-c3ccc(N(c4ccc(-c5ccc6ccoc6c5)cc4)c4cccc5c4-c4ccccc4C5(c4ccccc4)c4ccccc4)cc32)cc1. The Morgan fingerprint density at radius 3 is 1.42 bits per heavy atom. The maximum absolute atomic E-state index is 5.84. The standard InChI is InChI=1S/C64H43NO/c1-5-18-47(19-6-1)63(48-20-7-2-8-21-48)57-29-16-14-27-55(57)62-58(63)30-17-31-60(62)65(51-36-34-44(35-37-51)46-33-32-45-40-41-66-61(45)42-46)52-38-39-54-53-26-13-15-28-56(53)64(59(54)43-52,49-22-9-3-10-23-49)50-24-11-4-12-25-50/h1-43H. The number of benzene rings is 10. The van der Waals surface area contributed by atoms with Gasteiger partial charge in [-0.05, 0) is 115 Å². The van der Waals surface area contributed by atoms with Crippen molar-refractivity contribution >= 4 is 28.0 Å². The lowest BCUT2D eigenvalue weighted by Gasteiger charge is -2.35. The molecule has 66 heavy (non-hydrogen) atoms. The molecule has 10 aromatic carbocycles. The van der Waals surface area contributed by atoms with E-state index in [-0.39, 0.29) is 0 Å². The number of nitrogens with zero attached hydrogens (tertiary/aromatic N) is 1. The highest BCUT2D eigenvalue weighted by atomic mass is 16.3. The number of hydrogen-bond acceptors (Lipinski definition) is 2. The highest BCUT2D eigenvalue weighted by Crippen LogP contribution is 2.61. The van der Waals surface area contributed by atoms with Crippen LogP contribution in [-0.4, -0.2) is 0 Å². The summed E-state index contributed by atoms with van der Waals surface area (Å²) in [6.45, 7) is 0. The zero-order valence-corrected chi connectivity index (χ0v) is 36.2. The van der Waals surface area contributed by atoms with Gasteiger partial charge in [0, 0.05) is 22.3 Å². The molecule has 0 aliphatic heterocycles. The molecule has 310 valence electrons. The van der Waals surface area contributed by atoms with Gasteiger partial charge >= 0.3 is 0 Å². The first-order valence-corrected chi connectivity index (χ1v) is 22.8. The molecule has 0 N–H and O–H groups in total. The van der Waals surface area contributed by atoms with E-state index in [0.717, 1.165) is 39.2 Å². The van der Waals surface area contributed by atoms with Gasteiger partial charge in [-0.3, -0.25) is 0 Å². The van der Waals surface area contributed by atoms with Crippen LogP contribution in [0.25, 0.3) is 44.3 Å². The molecule has 2 aliphatic carbocycles. The van der Waals surface area contributed by atoms with Gasteiger partial charge in [0.25, 0.3) is 0 Å². The second-order valence-electron chi connectivity index (χ2n) is 17.5. The van der Waals surface area contributed by atoms with Crippen molar-refractivity contribution in [2.75, 3.05) is 4.90 Å². The van der Waals surface area contributed by atoms with Gasteiger partial charge in [-0.25, -0.2) is 0 Å². The average molecular weight is 842 g/mol. The highest BCUT2D eigenvalue weighted by molar-refractivity contribution is 5.98. The summed E-state index contributed by atoms with van der Waals surface area (Å²) in [5, 5.41) is 1.10. The smallest absolute Gasteiger partial charge is 0.134 e. The van der Waals surface area contributed by atoms with Gasteiger partial charge in [0.2, 0.25) is 0 Å². The Bertz CT molecular complexity index is 3490. The van der Waals surface area contributed by atoms with E-state index in [9.17, 15) is 0 Å². The third-order valence-corrected chi connectivity index (χ3v) is 14.3. The molecule has 2 heteroatoms. The minimum atomic E-state index is -0.550. The van der Waals surface area contributed by atoms with Crippen molar-refractivity contribution in [3.63, 3.8) is 0 Å². The van der Waals surface area contributed by atoms with Crippen molar-refractivity contribution in [1.29, 1.82) is 0 Å². The van der Waals surface area contributed by atoms with Crippen LogP contribution in [0.1, 0.15) is 44.5 Å². The first kappa shape index (κ1) is 38.0. The molecular weight excluding hydrogens is 799 g/mol. The van der Waals surface area contributed by atoms with E-state index in [1.807, 2.05) is 6.07 Å². The Labute approximate surface area is 385 Å². The third kappa shape index (κ3) is 5.49. The number of anilines is 3. The van der Waals surface area contributed by atoms with Crippen molar-refractivity contribution in [3.05, 3.63) is 306 Å². The van der Waals surface area contributed by atoms with Crippen molar-refractivity contribution in [2.24, 2.45) is 0 Å². The Morgan fingerprint density at radius 1 is 0.318 bits per heavy atom. The van der Waals surface area contributed by atoms with Gasteiger partial charge in [0.05, 0.1) is 22.8 Å². The average Bonchev–Trinajstić information content (AvgIpc) is 4.08. The molecular formula is C64H43NO. The Balaban J connectivity index is 1.09. The predicted octanol–water partition coefficient (Wildman–Crippen LogP) is 16.3. The Hall–Kier alpha value is -8.46. The number of furan rings is 1. The van der Waals surface area contributed by atoms with Crippen molar-refractivity contribution in [1.82, 2.24) is 0 Å². The highest BCUT2D eigenvalue weighted by Gasteiger charge is 2.49. The summed E-state index contributed by atoms with van der Waals surface area (Å²) < 4.78 is 5.84. The number of hydrogen-bond donors (Lipinski definition) is 0. The first-order valence-electron chi connectivity index (χ1n) is 22.8. The minimum absolute atomic E-state index is 0.542. The summed E-state index contributed by atoms with van der Waals surface area (Å²) in [7, 11) is 0.